The highest BCUT2D eigenvalue weighted by Crippen LogP contribution is 2.65. The molecule has 0 saturated heterocycles. The zero-order valence-electron chi connectivity index (χ0n) is 15.7. The summed E-state index contributed by atoms with van der Waals surface area (Å²) in [6.45, 7) is 0. The zero-order valence-corrected chi connectivity index (χ0v) is 22.3. The lowest BCUT2D eigenvalue weighted by molar-refractivity contribution is -0.140. The second kappa shape index (κ2) is 13.4. The molecule has 12 heteroatoms. The lowest BCUT2D eigenvalue weighted by Gasteiger charge is -2.03. The number of esters is 2. The summed E-state index contributed by atoms with van der Waals surface area (Å²) in [5, 5.41) is 0. The molecular weight excluding hydrogens is 513 g/mol. The maximum atomic E-state index is 11.3. The van der Waals surface area contributed by atoms with Gasteiger partial charge in [0.1, 0.15) is 0 Å². The van der Waals surface area contributed by atoms with E-state index < -0.39 is 0 Å². The van der Waals surface area contributed by atoms with Crippen molar-refractivity contribution in [2.24, 2.45) is 0 Å². The second-order valence-corrected chi connectivity index (χ2v) is 14.4. The van der Waals surface area contributed by atoms with Gasteiger partial charge in [0.05, 0.1) is 52.5 Å². The molecule has 28 heavy (non-hydrogen) atoms. The molecule has 0 fully saturated rings. The van der Waals surface area contributed by atoms with Crippen LogP contribution in [0.15, 0.2) is 25.4 Å². The topological polar surface area (TPSA) is 52.6 Å². The van der Waals surface area contributed by atoms with Crippen molar-refractivity contribution in [3.8, 4) is 0 Å². The standard InChI is InChI=1S/C16H20O4S8/c1-19-9(17)5-7-23-13-11(21-3)25-15(27-13)16-26-12(22-4)14(28-16)24-8-6-10(18)20-2/h5-8H2,1-4H3/b16-15-. The molecule has 2 rings (SSSR count). The molecule has 2 aliphatic rings. The summed E-state index contributed by atoms with van der Waals surface area (Å²) in [5.74, 6) is 1.12. The van der Waals surface area contributed by atoms with Crippen LogP contribution in [-0.4, -0.2) is 50.2 Å². The average molecular weight is 533 g/mol. The first kappa shape index (κ1) is 25.2. The predicted molar refractivity (Wildman–Crippen MR) is 137 cm³/mol. The van der Waals surface area contributed by atoms with E-state index in [4.69, 9.17) is 9.47 Å². The van der Waals surface area contributed by atoms with Crippen molar-refractivity contribution in [2.75, 3.05) is 38.2 Å². The fourth-order valence-electron chi connectivity index (χ4n) is 1.80. The highest BCUT2D eigenvalue weighted by Gasteiger charge is 2.30. The highest BCUT2D eigenvalue weighted by molar-refractivity contribution is 8.45. The highest BCUT2D eigenvalue weighted by atomic mass is 32.3. The number of hydrogen-bond acceptors (Lipinski definition) is 12. The Labute approximate surface area is 200 Å². The molecular formula is C16H20O4S8. The molecule has 0 atom stereocenters. The van der Waals surface area contributed by atoms with Crippen LogP contribution in [0.4, 0.5) is 0 Å². The van der Waals surface area contributed by atoms with Gasteiger partial charge in [0.15, 0.2) is 0 Å². The normalized spacial score (nSPS) is 19.6. The number of carbonyl (C=O) groups is 2. The quantitative estimate of drug-likeness (QED) is 0.283. The van der Waals surface area contributed by atoms with E-state index >= 15 is 0 Å². The minimum atomic E-state index is -0.169. The molecule has 0 unspecified atom stereocenters. The van der Waals surface area contributed by atoms with Crippen LogP contribution in [0.3, 0.4) is 0 Å². The van der Waals surface area contributed by atoms with Crippen molar-refractivity contribution in [3.63, 3.8) is 0 Å². The van der Waals surface area contributed by atoms with Crippen molar-refractivity contribution >= 4 is 106 Å². The third-order valence-electron chi connectivity index (χ3n) is 3.15. The molecule has 0 N–H and O–H groups in total. The molecule has 0 spiro atoms. The van der Waals surface area contributed by atoms with Crippen molar-refractivity contribution in [3.05, 3.63) is 25.4 Å². The van der Waals surface area contributed by atoms with Gasteiger partial charge in [-0.2, -0.15) is 0 Å². The van der Waals surface area contributed by atoms with Crippen molar-refractivity contribution in [1.29, 1.82) is 0 Å². The van der Waals surface area contributed by atoms with Gasteiger partial charge in [-0.1, -0.05) is 47.0 Å². The summed E-state index contributed by atoms with van der Waals surface area (Å²) in [6.07, 6.45) is 5.02. The molecule has 0 bridgehead atoms. The monoisotopic (exact) mass is 532 g/mol. The number of ether oxygens (including phenoxy) is 2. The van der Waals surface area contributed by atoms with Crippen LogP contribution >= 0.6 is 94.1 Å². The van der Waals surface area contributed by atoms with Crippen LogP contribution in [0.2, 0.25) is 0 Å². The SMILES string of the molecule is COC(=O)CCSC1=C(SC)S/C(=C2\SC(SC)=C(SCCC(=O)OC)S2)S1. The number of rotatable bonds is 10. The van der Waals surface area contributed by atoms with E-state index in [1.165, 1.54) is 39.6 Å². The Bertz CT molecular complexity index is 643. The Kier molecular flexibility index (Phi) is 12.1. The Hall–Kier alpha value is 0.960. The van der Waals surface area contributed by atoms with E-state index in [9.17, 15) is 9.59 Å². The van der Waals surface area contributed by atoms with E-state index in [0.29, 0.717) is 12.8 Å². The van der Waals surface area contributed by atoms with Gasteiger partial charge < -0.3 is 9.47 Å². The van der Waals surface area contributed by atoms with Crippen molar-refractivity contribution in [2.45, 2.75) is 12.8 Å². The lowest BCUT2D eigenvalue weighted by atomic mass is 10.5. The van der Waals surface area contributed by atoms with E-state index in [1.54, 1.807) is 70.6 Å². The first-order valence-corrected chi connectivity index (χ1v) is 15.6. The van der Waals surface area contributed by atoms with Gasteiger partial charge in [-0.15, -0.1) is 47.0 Å². The summed E-state index contributed by atoms with van der Waals surface area (Å²) >= 11 is 14.2. The molecule has 4 nitrogen and oxygen atoms in total. The van der Waals surface area contributed by atoms with Crippen LogP contribution in [0.1, 0.15) is 12.8 Å². The zero-order chi connectivity index (χ0) is 20.5. The summed E-state index contributed by atoms with van der Waals surface area (Å²) in [7, 11) is 2.85. The molecule has 2 aliphatic heterocycles. The molecule has 2 heterocycles. The molecule has 0 aromatic rings. The van der Waals surface area contributed by atoms with Gasteiger partial charge in [0, 0.05) is 11.5 Å². The smallest absolute Gasteiger partial charge is 0.306 e. The van der Waals surface area contributed by atoms with Crippen molar-refractivity contribution in [1.82, 2.24) is 0 Å². The third kappa shape index (κ3) is 7.58. The van der Waals surface area contributed by atoms with Crippen LogP contribution in [-0.2, 0) is 19.1 Å². The average Bonchev–Trinajstić information content (AvgIpc) is 3.31. The van der Waals surface area contributed by atoms with Gasteiger partial charge in [0.25, 0.3) is 0 Å². The lowest BCUT2D eigenvalue weighted by Crippen LogP contribution is -2.00. The van der Waals surface area contributed by atoms with Gasteiger partial charge in [0.2, 0.25) is 0 Å². The van der Waals surface area contributed by atoms with Gasteiger partial charge in [-0.3, -0.25) is 9.59 Å². The van der Waals surface area contributed by atoms with E-state index in [1.807, 2.05) is 23.5 Å². The largest absolute Gasteiger partial charge is 0.469 e. The fraction of sp³-hybridized carbons (Fsp3) is 0.500. The molecule has 156 valence electrons. The van der Waals surface area contributed by atoms with Gasteiger partial charge >= 0.3 is 11.9 Å². The Balaban J connectivity index is 1.95. The third-order valence-corrected chi connectivity index (χ3v) is 14.4. The van der Waals surface area contributed by atoms with E-state index in [-0.39, 0.29) is 11.9 Å². The molecule has 0 radical (unpaired) electrons. The van der Waals surface area contributed by atoms with Crippen LogP contribution < -0.4 is 0 Å². The number of carbonyl (C=O) groups excluding carboxylic acids is 2. The summed E-state index contributed by atoms with van der Waals surface area (Å²) < 4.78 is 17.2. The van der Waals surface area contributed by atoms with Gasteiger partial charge in [-0.25, -0.2) is 0 Å². The first-order chi connectivity index (χ1) is 13.5. The Morgan fingerprint density at radius 3 is 1.39 bits per heavy atom. The summed E-state index contributed by atoms with van der Waals surface area (Å²) in [5.41, 5.74) is 0. The molecule has 0 saturated carbocycles. The summed E-state index contributed by atoms with van der Waals surface area (Å²) in [4.78, 5) is 22.7. The maximum Gasteiger partial charge on any atom is 0.306 e. The number of hydrogen-bond donors (Lipinski definition) is 0. The predicted octanol–water partition coefficient (Wildman–Crippen LogP) is 6.64. The minimum absolute atomic E-state index is 0.169. The fourth-order valence-corrected chi connectivity index (χ4v) is 12.9. The Morgan fingerprint density at radius 2 is 1.07 bits per heavy atom. The van der Waals surface area contributed by atoms with E-state index in [2.05, 4.69) is 12.5 Å². The Morgan fingerprint density at radius 1 is 0.714 bits per heavy atom. The minimum Gasteiger partial charge on any atom is -0.469 e. The molecule has 0 aromatic carbocycles. The molecule has 0 aliphatic carbocycles. The van der Waals surface area contributed by atoms with E-state index in [0.717, 1.165) is 11.5 Å². The van der Waals surface area contributed by atoms with Crippen LogP contribution in [0.25, 0.3) is 0 Å². The van der Waals surface area contributed by atoms with Crippen LogP contribution in [0, 0.1) is 0 Å². The number of thioether (sulfide) groups is 8. The second-order valence-electron chi connectivity index (χ2n) is 4.89. The van der Waals surface area contributed by atoms with Crippen molar-refractivity contribution < 1.29 is 19.1 Å². The summed E-state index contributed by atoms with van der Waals surface area (Å²) in [6, 6.07) is 0. The van der Waals surface area contributed by atoms with Gasteiger partial charge in [-0.05, 0) is 12.5 Å². The maximum absolute atomic E-state index is 11.3. The molecule has 0 amide bonds. The first-order valence-electron chi connectivity index (χ1n) is 7.93. The van der Waals surface area contributed by atoms with Crippen LogP contribution in [0.5, 0.6) is 0 Å². The molecule has 0 aromatic heterocycles. The number of methoxy groups -OCH3 is 2.